The predicted molar refractivity (Wildman–Crippen MR) is 84.6 cm³/mol. The van der Waals surface area contributed by atoms with Crippen LogP contribution in [0.2, 0.25) is 0 Å². The van der Waals surface area contributed by atoms with Crippen LogP contribution in [0.25, 0.3) is 0 Å². The molecule has 7 heteroatoms. The second-order valence-electron chi connectivity index (χ2n) is 5.54. The highest BCUT2D eigenvalue weighted by atomic mass is 35.5. The van der Waals surface area contributed by atoms with Gasteiger partial charge in [-0.3, -0.25) is 14.5 Å². The van der Waals surface area contributed by atoms with Gasteiger partial charge in [0.25, 0.3) is 0 Å². The summed E-state index contributed by atoms with van der Waals surface area (Å²) in [6.45, 7) is 5.00. The van der Waals surface area contributed by atoms with Crippen molar-refractivity contribution in [2.75, 3.05) is 46.3 Å². The Morgan fingerprint density at radius 2 is 1.90 bits per heavy atom. The van der Waals surface area contributed by atoms with Crippen LogP contribution in [0, 0.1) is 0 Å². The van der Waals surface area contributed by atoms with Crippen LogP contribution < -0.4 is 10.6 Å². The van der Waals surface area contributed by atoms with E-state index in [0.717, 1.165) is 52.0 Å². The van der Waals surface area contributed by atoms with Gasteiger partial charge >= 0.3 is 0 Å². The fraction of sp³-hybridized carbons (Fsp3) is 0.857. The van der Waals surface area contributed by atoms with Crippen LogP contribution >= 0.6 is 12.4 Å². The van der Waals surface area contributed by atoms with Gasteiger partial charge in [-0.25, -0.2) is 0 Å². The van der Waals surface area contributed by atoms with Crippen molar-refractivity contribution in [2.45, 2.75) is 31.7 Å². The van der Waals surface area contributed by atoms with E-state index in [9.17, 15) is 9.59 Å². The number of amides is 2. The lowest BCUT2D eigenvalue weighted by molar-refractivity contribution is -0.134. The molecule has 2 saturated heterocycles. The number of nitrogens with one attached hydrogen (secondary N) is 2. The van der Waals surface area contributed by atoms with Crippen molar-refractivity contribution in [3.63, 3.8) is 0 Å². The first-order valence-electron chi connectivity index (χ1n) is 7.66. The highest BCUT2D eigenvalue weighted by molar-refractivity contribution is 5.85. The molecule has 0 aromatic rings. The number of hydrogen-bond acceptors (Lipinski definition) is 4. The average Bonchev–Trinajstić information content (AvgIpc) is 2.53. The Morgan fingerprint density at radius 3 is 2.57 bits per heavy atom. The number of carbonyl (C=O) groups excluding carboxylic acids is 2. The molecule has 0 saturated carbocycles. The lowest BCUT2D eigenvalue weighted by Gasteiger charge is -2.35. The van der Waals surface area contributed by atoms with Gasteiger partial charge in [-0.2, -0.15) is 0 Å². The Hall–Kier alpha value is -0.850. The van der Waals surface area contributed by atoms with Gasteiger partial charge in [0.15, 0.2) is 0 Å². The Balaban J connectivity index is 0.00000220. The minimum absolute atomic E-state index is 0. The molecule has 0 spiro atoms. The quantitative estimate of drug-likeness (QED) is 0.755. The summed E-state index contributed by atoms with van der Waals surface area (Å²) in [5.41, 5.74) is 0. The zero-order valence-electron chi connectivity index (χ0n) is 12.8. The maximum Gasteiger partial charge on any atom is 0.237 e. The minimum atomic E-state index is -0.0513. The van der Waals surface area contributed by atoms with Crippen molar-refractivity contribution in [3.05, 3.63) is 0 Å². The molecule has 6 nitrogen and oxygen atoms in total. The third kappa shape index (κ3) is 5.13. The van der Waals surface area contributed by atoms with Crippen molar-refractivity contribution in [1.29, 1.82) is 0 Å². The highest BCUT2D eigenvalue weighted by Gasteiger charge is 2.28. The second-order valence-corrected chi connectivity index (χ2v) is 5.54. The minimum Gasteiger partial charge on any atom is -0.358 e. The second kappa shape index (κ2) is 9.23. The van der Waals surface area contributed by atoms with Gasteiger partial charge in [-0.1, -0.05) is 6.42 Å². The molecule has 2 rings (SSSR count). The summed E-state index contributed by atoms with van der Waals surface area (Å²) < 4.78 is 0. The standard InChI is InChI=1S/C14H26N4O2.ClH/c1-15-14(20)12-4-2-3-8-17(12)9-5-13(19)18-10-6-16-7-11-18;/h12,16H,2-11H2,1H3,(H,15,20);1H. The lowest BCUT2D eigenvalue weighted by atomic mass is 10.0. The summed E-state index contributed by atoms with van der Waals surface area (Å²) >= 11 is 0. The largest absolute Gasteiger partial charge is 0.358 e. The van der Waals surface area contributed by atoms with Gasteiger partial charge < -0.3 is 15.5 Å². The molecular weight excluding hydrogens is 292 g/mol. The summed E-state index contributed by atoms with van der Waals surface area (Å²) in [6.07, 6.45) is 3.64. The summed E-state index contributed by atoms with van der Waals surface area (Å²) in [6, 6.07) is -0.0513. The van der Waals surface area contributed by atoms with E-state index in [1.54, 1.807) is 7.05 Å². The molecule has 1 atom stereocenters. The third-order valence-corrected chi connectivity index (χ3v) is 4.25. The fourth-order valence-electron chi connectivity index (χ4n) is 3.03. The Kier molecular flexibility index (Phi) is 8.00. The maximum absolute atomic E-state index is 12.2. The number of likely N-dealkylation sites (N-methyl/N-ethyl adjacent to an activating group) is 1. The van der Waals surface area contributed by atoms with Crippen LogP contribution in [-0.4, -0.2) is 74.0 Å². The molecule has 2 N–H and O–H groups in total. The lowest BCUT2D eigenvalue weighted by Crippen LogP contribution is -2.50. The SMILES string of the molecule is CNC(=O)C1CCCCN1CCC(=O)N1CCNCC1.Cl. The molecule has 2 aliphatic heterocycles. The van der Waals surface area contributed by atoms with Crippen molar-refractivity contribution in [2.24, 2.45) is 0 Å². The van der Waals surface area contributed by atoms with Gasteiger partial charge in [0.05, 0.1) is 6.04 Å². The average molecular weight is 319 g/mol. The number of piperidine rings is 1. The number of halogens is 1. The molecule has 0 bridgehead atoms. The number of hydrogen-bond donors (Lipinski definition) is 2. The predicted octanol–water partition coefficient (Wildman–Crippen LogP) is -0.169. The molecule has 0 radical (unpaired) electrons. The van der Waals surface area contributed by atoms with Gasteiger partial charge in [-0.05, 0) is 19.4 Å². The Bertz CT molecular complexity index is 348. The molecule has 0 aliphatic carbocycles. The first kappa shape index (κ1) is 18.2. The van der Waals surface area contributed by atoms with Crippen LogP contribution in [0.5, 0.6) is 0 Å². The van der Waals surface area contributed by atoms with Crippen molar-refractivity contribution < 1.29 is 9.59 Å². The molecule has 2 amide bonds. The first-order valence-corrected chi connectivity index (χ1v) is 7.66. The Morgan fingerprint density at radius 1 is 1.19 bits per heavy atom. The zero-order chi connectivity index (χ0) is 14.4. The van der Waals surface area contributed by atoms with Crippen LogP contribution in [0.4, 0.5) is 0 Å². The number of nitrogens with zero attached hydrogens (tertiary/aromatic N) is 2. The van der Waals surface area contributed by atoms with Gasteiger partial charge in [0.2, 0.25) is 11.8 Å². The normalized spacial score (nSPS) is 23.3. The summed E-state index contributed by atoms with van der Waals surface area (Å²) in [5, 5.41) is 5.98. The van der Waals surface area contributed by atoms with Gasteiger partial charge in [0, 0.05) is 46.2 Å². The van der Waals surface area contributed by atoms with E-state index < -0.39 is 0 Å². The Labute approximate surface area is 133 Å². The van der Waals surface area contributed by atoms with E-state index in [1.165, 1.54) is 0 Å². The highest BCUT2D eigenvalue weighted by Crippen LogP contribution is 2.17. The zero-order valence-corrected chi connectivity index (χ0v) is 13.6. The smallest absolute Gasteiger partial charge is 0.237 e. The van der Waals surface area contributed by atoms with Crippen molar-refractivity contribution >= 4 is 24.2 Å². The van der Waals surface area contributed by atoms with Gasteiger partial charge in [-0.15, -0.1) is 12.4 Å². The van der Waals surface area contributed by atoms with Crippen LogP contribution in [0.1, 0.15) is 25.7 Å². The molecule has 21 heavy (non-hydrogen) atoms. The monoisotopic (exact) mass is 318 g/mol. The molecule has 2 fully saturated rings. The molecule has 2 heterocycles. The summed E-state index contributed by atoms with van der Waals surface area (Å²) in [7, 11) is 1.68. The summed E-state index contributed by atoms with van der Waals surface area (Å²) in [4.78, 5) is 28.1. The van der Waals surface area contributed by atoms with Crippen molar-refractivity contribution in [3.8, 4) is 0 Å². The van der Waals surface area contributed by atoms with E-state index >= 15 is 0 Å². The van der Waals surface area contributed by atoms with Crippen LogP contribution in [0.15, 0.2) is 0 Å². The molecule has 122 valence electrons. The molecule has 0 aromatic heterocycles. The summed E-state index contributed by atoms with van der Waals surface area (Å²) in [5.74, 6) is 0.298. The van der Waals surface area contributed by atoms with Crippen molar-refractivity contribution in [1.82, 2.24) is 20.4 Å². The topological polar surface area (TPSA) is 64.7 Å². The fourth-order valence-corrected chi connectivity index (χ4v) is 3.03. The van der Waals surface area contributed by atoms with E-state index in [1.807, 2.05) is 4.90 Å². The molecular formula is C14H27ClN4O2. The van der Waals surface area contributed by atoms with E-state index in [4.69, 9.17) is 0 Å². The molecule has 2 aliphatic rings. The van der Waals surface area contributed by atoms with Gasteiger partial charge in [0.1, 0.15) is 0 Å². The maximum atomic E-state index is 12.2. The van der Waals surface area contributed by atoms with E-state index in [-0.39, 0.29) is 30.3 Å². The van der Waals surface area contributed by atoms with Crippen LogP contribution in [-0.2, 0) is 9.59 Å². The van der Waals surface area contributed by atoms with E-state index in [0.29, 0.717) is 13.0 Å². The molecule has 0 aromatic carbocycles. The first-order chi connectivity index (χ1) is 9.72. The number of rotatable bonds is 4. The molecule has 1 unspecified atom stereocenters. The number of piperazine rings is 1. The number of likely N-dealkylation sites (tertiary alicyclic amines) is 1. The third-order valence-electron chi connectivity index (χ3n) is 4.25. The van der Waals surface area contributed by atoms with E-state index in [2.05, 4.69) is 15.5 Å². The van der Waals surface area contributed by atoms with Crippen LogP contribution in [0.3, 0.4) is 0 Å². The number of carbonyl (C=O) groups is 2.